The summed E-state index contributed by atoms with van der Waals surface area (Å²) in [6.45, 7) is 5.11. The van der Waals surface area contributed by atoms with Gasteiger partial charge in [-0.3, -0.25) is 4.79 Å². The third kappa shape index (κ3) is 3.93. The number of rotatable bonds is 6. The minimum atomic E-state index is -0.731. The summed E-state index contributed by atoms with van der Waals surface area (Å²) in [6.07, 6.45) is 2.24. The highest BCUT2D eigenvalue weighted by atomic mass is 19.1. The fraction of sp³-hybridized carbons (Fsp3) is 0.381. The maximum absolute atomic E-state index is 13.1. The van der Waals surface area contributed by atoms with Crippen LogP contribution in [0.25, 0.3) is 11.5 Å². The van der Waals surface area contributed by atoms with Crippen LogP contribution >= 0.6 is 0 Å². The van der Waals surface area contributed by atoms with Crippen molar-refractivity contribution in [3.05, 3.63) is 63.7 Å². The molecule has 1 aromatic carbocycles. The van der Waals surface area contributed by atoms with Gasteiger partial charge >= 0.3 is 5.76 Å². The second-order valence-electron chi connectivity index (χ2n) is 7.29. The van der Waals surface area contributed by atoms with E-state index in [9.17, 15) is 14.0 Å². The first-order valence-electron chi connectivity index (χ1n) is 9.58. The highest BCUT2D eigenvalue weighted by Crippen LogP contribution is 2.21. The van der Waals surface area contributed by atoms with E-state index in [4.69, 9.17) is 9.15 Å². The monoisotopic (exact) mass is 399 g/mol. The lowest BCUT2D eigenvalue weighted by Gasteiger charge is -2.14. The molecular weight excluding hydrogens is 377 g/mol. The number of hydrogen-bond donors (Lipinski definition) is 0. The third-order valence-corrected chi connectivity index (χ3v) is 5.28. The molecule has 1 saturated heterocycles. The second-order valence-corrected chi connectivity index (χ2v) is 7.29. The summed E-state index contributed by atoms with van der Waals surface area (Å²) in [5, 5.41) is 4.08. The Hall–Kier alpha value is -3.00. The average molecular weight is 399 g/mol. The zero-order valence-electron chi connectivity index (χ0n) is 16.4. The number of aryl methyl sites for hydroxylation is 1. The van der Waals surface area contributed by atoms with Crippen LogP contribution in [0.5, 0.6) is 0 Å². The van der Waals surface area contributed by atoms with Gasteiger partial charge in [-0.15, -0.1) is 5.10 Å². The average Bonchev–Trinajstić information content (AvgIpc) is 3.40. The molecule has 0 spiro atoms. The number of Topliss-reactive ketones (excluding diaryl/α,β-unsaturated/α-hetero) is 1. The first-order chi connectivity index (χ1) is 13.9. The molecule has 1 atom stereocenters. The minimum absolute atomic E-state index is 0.0478. The first kappa shape index (κ1) is 19.3. The van der Waals surface area contributed by atoms with Gasteiger partial charge < -0.3 is 13.7 Å². The summed E-state index contributed by atoms with van der Waals surface area (Å²) in [5.74, 6) is -1.31. The van der Waals surface area contributed by atoms with Crippen LogP contribution in [-0.4, -0.2) is 32.8 Å². The van der Waals surface area contributed by atoms with Gasteiger partial charge in [0, 0.05) is 35.7 Å². The zero-order valence-corrected chi connectivity index (χ0v) is 16.4. The number of carbonyl (C=O) groups is 1. The predicted octanol–water partition coefficient (Wildman–Crippen LogP) is 3.12. The Morgan fingerprint density at radius 3 is 2.72 bits per heavy atom. The summed E-state index contributed by atoms with van der Waals surface area (Å²) >= 11 is 0. The molecule has 1 aliphatic rings. The highest BCUT2D eigenvalue weighted by molar-refractivity contribution is 5.97. The van der Waals surface area contributed by atoms with Crippen molar-refractivity contribution in [2.45, 2.75) is 45.9 Å². The van der Waals surface area contributed by atoms with Crippen LogP contribution < -0.4 is 5.76 Å². The van der Waals surface area contributed by atoms with E-state index in [1.54, 1.807) is 0 Å². The SMILES string of the molecule is Cc1cc(C(=O)Cn2nc(-c3ccc(F)cc3)oc2=O)c(C)n1C[C@H]1CCCO1. The molecule has 0 amide bonds. The molecule has 3 aromatic rings. The van der Waals surface area contributed by atoms with E-state index in [1.807, 2.05) is 19.9 Å². The van der Waals surface area contributed by atoms with E-state index in [-0.39, 0.29) is 24.3 Å². The molecule has 0 radical (unpaired) electrons. The molecule has 0 bridgehead atoms. The van der Waals surface area contributed by atoms with Gasteiger partial charge in [0.15, 0.2) is 5.78 Å². The summed E-state index contributed by atoms with van der Waals surface area (Å²) in [5.41, 5.74) is 2.84. The van der Waals surface area contributed by atoms with Gasteiger partial charge in [0.05, 0.1) is 6.10 Å². The van der Waals surface area contributed by atoms with E-state index < -0.39 is 11.6 Å². The minimum Gasteiger partial charge on any atom is -0.388 e. The van der Waals surface area contributed by atoms with Gasteiger partial charge in [-0.05, 0) is 57.0 Å². The molecule has 0 unspecified atom stereocenters. The molecule has 0 aliphatic carbocycles. The third-order valence-electron chi connectivity index (χ3n) is 5.28. The van der Waals surface area contributed by atoms with Crippen molar-refractivity contribution >= 4 is 5.78 Å². The summed E-state index contributed by atoms with van der Waals surface area (Å²) < 4.78 is 27.0. The maximum atomic E-state index is 13.1. The predicted molar refractivity (Wildman–Crippen MR) is 103 cm³/mol. The van der Waals surface area contributed by atoms with Crippen molar-refractivity contribution in [3.8, 4) is 11.5 Å². The van der Waals surface area contributed by atoms with Gasteiger partial charge in [0.2, 0.25) is 5.89 Å². The lowest BCUT2D eigenvalue weighted by atomic mass is 10.1. The highest BCUT2D eigenvalue weighted by Gasteiger charge is 2.22. The molecule has 2 aromatic heterocycles. The Morgan fingerprint density at radius 1 is 1.28 bits per heavy atom. The molecule has 8 heteroatoms. The molecule has 4 rings (SSSR count). The fourth-order valence-corrected chi connectivity index (χ4v) is 3.69. The number of carbonyl (C=O) groups excluding carboxylic acids is 1. The fourth-order valence-electron chi connectivity index (χ4n) is 3.69. The zero-order chi connectivity index (χ0) is 20.5. The molecule has 0 N–H and O–H groups in total. The number of benzene rings is 1. The van der Waals surface area contributed by atoms with Crippen molar-refractivity contribution < 1.29 is 18.3 Å². The van der Waals surface area contributed by atoms with Crippen LogP contribution in [0.1, 0.15) is 34.6 Å². The maximum Gasteiger partial charge on any atom is 0.437 e. The van der Waals surface area contributed by atoms with E-state index in [1.165, 1.54) is 24.3 Å². The van der Waals surface area contributed by atoms with E-state index in [0.717, 1.165) is 35.5 Å². The first-order valence-corrected chi connectivity index (χ1v) is 9.58. The van der Waals surface area contributed by atoms with Crippen LogP contribution in [0.3, 0.4) is 0 Å². The van der Waals surface area contributed by atoms with Gasteiger partial charge in [0.1, 0.15) is 12.4 Å². The van der Waals surface area contributed by atoms with Gasteiger partial charge in [0.25, 0.3) is 0 Å². The van der Waals surface area contributed by atoms with Gasteiger partial charge in [-0.25, -0.2) is 9.18 Å². The lowest BCUT2D eigenvalue weighted by molar-refractivity contribution is 0.0945. The summed E-state index contributed by atoms with van der Waals surface area (Å²) in [4.78, 5) is 25.0. The Kier molecular flexibility index (Phi) is 5.19. The quantitative estimate of drug-likeness (QED) is 0.595. The van der Waals surface area contributed by atoms with Crippen LogP contribution in [0.15, 0.2) is 39.5 Å². The largest absolute Gasteiger partial charge is 0.437 e. The van der Waals surface area contributed by atoms with E-state index >= 15 is 0 Å². The molecule has 3 heterocycles. The molecule has 1 fully saturated rings. The Balaban J connectivity index is 1.54. The van der Waals surface area contributed by atoms with Crippen molar-refractivity contribution in [3.63, 3.8) is 0 Å². The number of nitrogens with zero attached hydrogens (tertiary/aromatic N) is 3. The van der Waals surface area contributed by atoms with Crippen molar-refractivity contribution in [2.75, 3.05) is 6.61 Å². The summed E-state index contributed by atoms with van der Waals surface area (Å²) in [7, 11) is 0. The topological polar surface area (TPSA) is 79.3 Å². The molecule has 152 valence electrons. The van der Waals surface area contributed by atoms with Crippen LogP contribution in [0.4, 0.5) is 4.39 Å². The van der Waals surface area contributed by atoms with Gasteiger partial charge in [-0.2, -0.15) is 4.68 Å². The number of hydrogen-bond acceptors (Lipinski definition) is 5. The van der Waals surface area contributed by atoms with Crippen molar-refractivity contribution in [1.29, 1.82) is 0 Å². The van der Waals surface area contributed by atoms with Crippen LogP contribution in [0.2, 0.25) is 0 Å². The van der Waals surface area contributed by atoms with Crippen LogP contribution in [0, 0.1) is 19.7 Å². The van der Waals surface area contributed by atoms with Crippen LogP contribution in [-0.2, 0) is 17.8 Å². The second kappa shape index (κ2) is 7.79. The molecule has 29 heavy (non-hydrogen) atoms. The van der Waals surface area contributed by atoms with E-state index in [0.29, 0.717) is 17.7 Å². The van der Waals surface area contributed by atoms with Crippen molar-refractivity contribution in [2.24, 2.45) is 0 Å². The Bertz CT molecular complexity index is 1090. The molecule has 0 saturated carbocycles. The molecular formula is C21H22FN3O4. The molecule has 1 aliphatic heterocycles. The number of halogens is 1. The summed E-state index contributed by atoms with van der Waals surface area (Å²) in [6, 6.07) is 7.26. The number of ether oxygens (including phenoxy) is 1. The smallest absolute Gasteiger partial charge is 0.388 e. The number of ketones is 1. The Morgan fingerprint density at radius 2 is 2.03 bits per heavy atom. The Labute approximate surface area is 166 Å². The van der Waals surface area contributed by atoms with Crippen molar-refractivity contribution in [1.82, 2.24) is 14.3 Å². The molecule has 7 nitrogen and oxygen atoms in total. The van der Waals surface area contributed by atoms with Gasteiger partial charge in [-0.1, -0.05) is 0 Å². The number of aromatic nitrogens is 3. The van der Waals surface area contributed by atoms with E-state index in [2.05, 4.69) is 9.67 Å². The lowest BCUT2D eigenvalue weighted by Crippen LogP contribution is -2.22. The standard InChI is InChI=1S/C21H22FN3O4/c1-13-10-18(14(2)24(13)11-17-4-3-9-28-17)19(26)12-25-21(27)29-20(23-25)15-5-7-16(22)8-6-15/h5-8,10,17H,3-4,9,11-12H2,1-2H3/t17-/m1/s1. The normalized spacial score (nSPS) is 16.4.